The van der Waals surface area contributed by atoms with Crippen LogP contribution in [0, 0.1) is 0 Å². The van der Waals surface area contributed by atoms with E-state index in [4.69, 9.17) is 5.11 Å². The summed E-state index contributed by atoms with van der Waals surface area (Å²) in [5, 5.41) is 12.2. The molecule has 3 rings (SSSR count). The molecule has 2 heterocycles. The van der Waals surface area contributed by atoms with Crippen LogP contribution in [0.4, 0.5) is 10.7 Å². The van der Waals surface area contributed by atoms with Crippen molar-refractivity contribution in [3.63, 3.8) is 0 Å². The van der Waals surface area contributed by atoms with Gasteiger partial charge in [-0.1, -0.05) is 30.3 Å². The maximum atomic E-state index is 10.9. The number of hydrogen-bond acceptors (Lipinski definition) is 4. The number of piperidine rings is 1. The number of nitrogens with one attached hydrogen (secondary N) is 1. The van der Waals surface area contributed by atoms with E-state index in [-0.39, 0.29) is 6.04 Å². The Morgan fingerprint density at radius 2 is 1.73 bits per heavy atom. The lowest BCUT2D eigenvalue weighted by atomic mass is 10.1. The number of likely N-dealkylation sites (tertiary alicyclic amines) is 1. The third kappa shape index (κ3) is 3.33. The van der Waals surface area contributed by atoms with Gasteiger partial charge < -0.3 is 15.3 Å². The van der Waals surface area contributed by atoms with Gasteiger partial charge in [-0.3, -0.25) is 0 Å². The Balaban J connectivity index is 1.59. The van der Waals surface area contributed by atoms with Gasteiger partial charge in [-0.2, -0.15) is 0 Å². The van der Waals surface area contributed by atoms with Gasteiger partial charge in [0, 0.05) is 37.1 Å². The van der Waals surface area contributed by atoms with Crippen molar-refractivity contribution in [2.75, 3.05) is 18.4 Å². The number of amides is 1. The predicted octanol–water partition coefficient (Wildman–Crippen LogP) is 2.70. The maximum absolute atomic E-state index is 10.9. The molecule has 1 saturated heterocycles. The van der Waals surface area contributed by atoms with Crippen LogP contribution in [0.3, 0.4) is 0 Å². The minimum absolute atomic E-state index is 0.221. The highest BCUT2D eigenvalue weighted by molar-refractivity contribution is 5.65. The first-order valence-electron chi connectivity index (χ1n) is 7.34. The fourth-order valence-electron chi connectivity index (χ4n) is 2.58. The summed E-state index contributed by atoms with van der Waals surface area (Å²) >= 11 is 0. The van der Waals surface area contributed by atoms with E-state index in [9.17, 15) is 4.79 Å². The zero-order chi connectivity index (χ0) is 15.4. The summed E-state index contributed by atoms with van der Waals surface area (Å²) in [4.78, 5) is 21.0. The van der Waals surface area contributed by atoms with Gasteiger partial charge in [0.2, 0.25) is 5.95 Å². The van der Waals surface area contributed by atoms with Gasteiger partial charge in [0.05, 0.1) is 0 Å². The molecule has 0 radical (unpaired) electrons. The molecule has 6 heteroatoms. The molecule has 1 fully saturated rings. The Bertz CT molecular complexity index is 622. The van der Waals surface area contributed by atoms with Crippen molar-refractivity contribution < 1.29 is 9.90 Å². The molecule has 1 aliphatic rings. The summed E-state index contributed by atoms with van der Waals surface area (Å²) in [6.45, 7) is 1.10. The minimum atomic E-state index is -0.845. The largest absolute Gasteiger partial charge is 0.465 e. The van der Waals surface area contributed by atoms with E-state index >= 15 is 0 Å². The average Bonchev–Trinajstić information content (AvgIpc) is 2.57. The molecular weight excluding hydrogens is 280 g/mol. The molecule has 0 saturated carbocycles. The highest BCUT2D eigenvalue weighted by Gasteiger charge is 2.22. The summed E-state index contributed by atoms with van der Waals surface area (Å²) in [5.41, 5.74) is 2.07. The molecule has 114 valence electrons. The second-order valence-corrected chi connectivity index (χ2v) is 5.35. The average molecular weight is 298 g/mol. The smallest absolute Gasteiger partial charge is 0.407 e. The van der Waals surface area contributed by atoms with E-state index in [0.717, 1.165) is 24.0 Å². The van der Waals surface area contributed by atoms with Crippen molar-refractivity contribution in [3.05, 3.63) is 42.7 Å². The Hall–Kier alpha value is -2.63. The molecule has 2 N–H and O–H groups in total. The summed E-state index contributed by atoms with van der Waals surface area (Å²) in [7, 11) is 0. The summed E-state index contributed by atoms with van der Waals surface area (Å²) < 4.78 is 0. The number of carboxylic acid groups (broad SMARTS) is 1. The van der Waals surface area contributed by atoms with Crippen molar-refractivity contribution in [2.24, 2.45) is 0 Å². The molecule has 6 nitrogen and oxygen atoms in total. The van der Waals surface area contributed by atoms with Crippen molar-refractivity contribution in [3.8, 4) is 11.1 Å². The molecule has 0 bridgehead atoms. The highest BCUT2D eigenvalue weighted by Crippen LogP contribution is 2.18. The Morgan fingerprint density at radius 1 is 1.09 bits per heavy atom. The molecule has 22 heavy (non-hydrogen) atoms. The topological polar surface area (TPSA) is 78.4 Å². The molecule has 1 aromatic heterocycles. The monoisotopic (exact) mass is 298 g/mol. The third-order valence-electron chi connectivity index (χ3n) is 3.86. The normalized spacial score (nSPS) is 15.5. The lowest BCUT2D eigenvalue weighted by molar-refractivity contribution is 0.133. The molecule has 1 aromatic carbocycles. The second-order valence-electron chi connectivity index (χ2n) is 5.35. The van der Waals surface area contributed by atoms with Gasteiger partial charge in [-0.15, -0.1) is 0 Å². The van der Waals surface area contributed by atoms with Crippen LogP contribution in [0.5, 0.6) is 0 Å². The Labute approximate surface area is 128 Å². The molecule has 0 atom stereocenters. The number of nitrogens with zero attached hydrogens (tertiary/aromatic N) is 3. The SMILES string of the molecule is O=C(O)N1CCC(Nc2ncc(-c3ccccc3)cn2)CC1. The van der Waals surface area contributed by atoms with Crippen molar-refractivity contribution >= 4 is 12.0 Å². The number of carbonyl (C=O) groups is 1. The first kappa shape index (κ1) is 14.3. The van der Waals surface area contributed by atoms with Crippen LogP contribution in [0.1, 0.15) is 12.8 Å². The van der Waals surface area contributed by atoms with Crippen molar-refractivity contribution in [1.29, 1.82) is 0 Å². The number of rotatable bonds is 3. The van der Waals surface area contributed by atoms with E-state index in [2.05, 4.69) is 15.3 Å². The highest BCUT2D eigenvalue weighted by atomic mass is 16.4. The van der Waals surface area contributed by atoms with Crippen LogP contribution < -0.4 is 5.32 Å². The molecule has 0 unspecified atom stereocenters. The van der Waals surface area contributed by atoms with Crippen molar-refractivity contribution in [1.82, 2.24) is 14.9 Å². The van der Waals surface area contributed by atoms with Gasteiger partial charge >= 0.3 is 6.09 Å². The van der Waals surface area contributed by atoms with Crippen LogP contribution in [0.2, 0.25) is 0 Å². The van der Waals surface area contributed by atoms with Gasteiger partial charge in [-0.25, -0.2) is 14.8 Å². The third-order valence-corrected chi connectivity index (χ3v) is 3.86. The van der Waals surface area contributed by atoms with Crippen LogP contribution in [0.15, 0.2) is 42.7 Å². The number of aromatic nitrogens is 2. The fourth-order valence-corrected chi connectivity index (χ4v) is 2.58. The van der Waals surface area contributed by atoms with Gasteiger partial charge in [0.25, 0.3) is 0 Å². The minimum Gasteiger partial charge on any atom is -0.465 e. The van der Waals surface area contributed by atoms with Gasteiger partial charge in [-0.05, 0) is 18.4 Å². The quantitative estimate of drug-likeness (QED) is 0.911. The van der Waals surface area contributed by atoms with Crippen molar-refractivity contribution in [2.45, 2.75) is 18.9 Å². The standard InChI is InChI=1S/C16H18N4O2/c21-16(22)20-8-6-14(7-9-20)19-15-17-10-13(11-18-15)12-4-2-1-3-5-12/h1-5,10-11,14H,6-9H2,(H,21,22)(H,17,18,19). The Kier molecular flexibility index (Phi) is 4.18. The van der Waals surface area contributed by atoms with Gasteiger partial charge in [0.1, 0.15) is 0 Å². The van der Waals surface area contributed by atoms with E-state index < -0.39 is 6.09 Å². The van der Waals surface area contributed by atoms with E-state index in [1.165, 1.54) is 4.90 Å². The second kappa shape index (κ2) is 6.43. The van der Waals surface area contributed by atoms with Crippen LogP contribution in [0.25, 0.3) is 11.1 Å². The molecule has 1 aliphatic heterocycles. The number of anilines is 1. The summed E-state index contributed by atoms with van der Waals surface area (Å²) in [6, 6.07) is 10.2. The summed E-state index contributed by atoms with van der Waals surface area (Å²) in [6.07, 6.45) is 4.31. The zero-order valence-corrected chi connectivity index (χ0v) is 12.1. The lowest BCUT2D eigenvalue weighted by Crippen LogP contribution is -2.41. The molecular formula is C16H18N4O2. The van der Waals surface area contributed by atoms with Crippen LogP contribution in [-0.4, -0.2) is 45.2 Å². The van der Waals surface area contributed by atoms with Crippen LogP contribution in [-0.2, 0) is 0 Å². The van der Waals surface area contributed by atoms with Crippen LogP contribution >= 0.6 is 0 Å². The summed E-state index contributed by atoms with van der Waals surface area (Å²) in [5.74, 6) is 0.591. The molecule has 1 amide bonds. The predicted molar refractivity (Wildman–Crippen MR) is 83.7 cm³/mol. The van der Waals surface area contributed by atoms with E-state index in [1.54, 1.807) is 12.4 Å². The molecule has 0 aliphatic carbocycles. The Morgan fingerprint density at radius 3 is 2.32 bits per heavy atom. The van der Waals surface area contributed by atoms with Gasteiger partial charge in [0.15, 0.2) is 0 Å². The first-order valence-corrected chi connectivity index (χ1v) is 7.34. The lowest BCUT2D eigenvalue weighted by Gasteiger charge is -2.30. The zero-order valence-electron chi connectivity index (χ0n) is 12.1. The maximum Gasteiger partial charge on any atom is 0.407 e. The van der Waals surface area contributed by atoms with E-state index in [0.29, 0.717) is 19.0 Å². The number of benzene rings is 1. The molecule has 2 aromatic rings. The fraction of sp³-hybridized carbons (Fsp3) is 0.312. The molecule has 0 spiro atoms. The first-order chi connectivity index (χ1) is 10.7. The number of hydrogen-bond donors (Lipinski definition) is 2. The van der Waals surface area contributed by atoms with E-state index in [1.807, 2.05) is 30.3 Å².